The summed E-state index contributed by atoms with van der Waals surface area (Å²) in [5.41, 5.74) is 10.9. The summed E-state index contributed by atoms with van der Waals surface area (Å²) in [4.78, 5) is 2.18. The molecule has 0 aliphatic carbocycles. The van der Waals surface area contributed by atoms with Gasteiger partial charge in [0.25, 0.3) is 0 Å². The maximum atomic E-state index is 12.0. The lowest BCUT2D eigenvalue weighted by Gasteiger charge is -2.23. The normalized spacial score (nSPS) is 11.1. The Morgan fingerprint density at radius 1 is 0.404 bits per heavy atom. The van der Waals surface area contributed by atoms with Gasteiger partial charge in [0.05, 0.1) is 0 Å². The third-order valence-electron chi connectivity index (χ3n) is 8.90. The van der Waals surface area contributed by atoms with Crippen molar-refractivity contribution < 1.29 is 10.2 Å². The first-order valence-corrected chi connectivity index (χ1v) is 17.4. The fourth-order valence-corrected chi connectivity index (χ4v) is 7.85. The van der Waals surface area contributed by atoms with Crippen LogP contribution in [0.5, 0.6) is 11.5 Å². The first kappa shape index (κ1) is 32.2. The molecule has 0 bridgehead atoms. The van der Waals surface area contributed by atoms with E-state index in [4.69, 9.17) is 0 Å². The number of benzene rings is 6. The van der Waals surface area contributed by atoms with Gasteiger partial charge in [-0.2, -0.15) is 0 Å². The van der Waals surface area contributed by atoms with E-state index >= 15 is 0 Å². The molecule has 6 rings (SSSR count). The second-order valence-electron chi connectivity index (χ2n) is 12.2. The highest BCUT2D eigenvalue weighted by molar-refractivity contribution is 7.99. The summed E-state index contributed by atoms with van der Waals surface area (Å²) in [5, 5.41) is 24.0. The monoisotopic (exact) mass is 634 g/mol. The van der Waals surface area contributed by atoms with Gasteiger partial charge < -0.3 is 10.2 Å². The number of aryl methyl sites for hydroxylation is 2. The first-order chi connectivity index (χ1) is 23.0. The van der Waals surface area contributed by atoms with Crippen LogP contribution in [0.2, 0.25) is 0 Å². The van der Waals surface area contributed by atoms with Crippen molar-refractivity contribution in [3.05, 3.63) is 189 Å². The molecule has 0 fully saturated rings. The Bertz CT molecular complexity index is 1780. The number of phenolic OH excluding ortho intramolecular Hbond substituents is 2. The molecule has 3 heteroatoms. The lowest BCUT2D eigenvalue weighted by Crippen LogP contribution is -2.04. The Kier molecular flexibility index (Phi) is 10.4. The lowest BCUT2D eigenvalue weighted by atomic mass is 9.93. The van der Waals surface area contributed by atoms with Crippen LogP contribution in [-0.2, 0) is 38.5 Å². The molecule has 0 unspecified atom stereocenters. The molecule has 0 spiro atoms. The highest BCUT2D eigenvalue weighted by Gasteiger charge is 2.24. The van der Waals surface area contributed by atoms with Crippen LogP contribution in [0, 0.1) is 0 Å². The summed E-state index contributed by atoms with van der Waals surface area (Å²) < 4.78 is 0. The van der Waals surface area contributed by atoms with Gasteiger partial charge in [0.1, 0.15) is 11.5 Å². The minimum atomic E-state index is 0.366. The zero-order valence-electron chi connectivity index (χ0n) is 27.2. The maximum Gasteiger partial charge on any atom is 0.123 e. The summed E-state index contributed by atoms with van der Waals surface area (Å²) in [7, 11) is 0. The highest BCUT2D eigenvalue weighted by Crippen LogP contribution is 2.47. The van der Waals surface area contributed by atoms with Crippen molar-refractivity contribution in [3.63, 3.8) is 0 Å². The molecule has 2 N–H and O–H groups in total. The molecule has 0 saturated carbocycles. The van der Waals surface area contributed by atoms with E-state index in [0.29, 0.717) is 37.2 Å². The Morgan fingerprint density at radius 3 is 1.00 bits per heavy atom. The van der Waals surface area contributed by atoms with Crippen LogP contribution >= 0.6 is 11.8 Å². The molecular weight excluding hydrogens is 593 g/mol. The topological polar surface area (TPSA) is 40.5 Å². The predicted molar refractivity (Wildman–Crippen MR) is 196 cm³/mol. The summed E-state index contributed by atoms with van der Waals surface area (Å²) >= 11 is 1.72. The molecule has 236 valence electrons. The average molecular weight is 635 g/mol. The fraction of sp³-hybridized carbons (Fsp3) is 0.182. The smallest absolute Gasteiger partial charge is 0.123 e. The van der Waals surface area contributed by atoms with Crippen LogP contribution in [-0.4, -0.2) is 10.2 Å². The van der Waals surface area contributed by atoms with E-state index in [-0.39, 0.29) is 0 Å². The zero-order valence-corrected chi connectivity index (χ0v) is 28.1. The molecule has 47 heavy (non-hydrogen) atoms. The molecule has 6 aromatic carbocycles. The molecule has 2 nitrogen and oxygen atoms in total. The molecule has 6 aromatic rings. The molecule has 0 aliphatic heterocycles. The van der Waals surface area contributed by atoms with Gasteiger partial charge >= 0.3 is 0 Å². The van der Waals surface area contributed by atoms with Gasteiger partial charge in [0.2, 0.25) is 0 Å². The van der Waals surface area contributed by atoms with Gasteiger partial charge in [-0.25, -0.2) is 0 Å². The molecule has 0 amide bonds. The maximum absolute atomic E-state index is 12.0. The third-order valence-corrected chi connectivity index (χ3v) is 10.3. The quantitative estimate of drug-likeness (QED) is 0.141. The van der Waals surface area contributed by atoms with E-state index in [1.54, 1.807) is 11.8 Å². The number of rotatable bonds is 12. The van der Waals surface area contributed by atoms with Crippen LogP contribution in [0.1, 0.15) is 69.5 Å². The lowest BCUT2D eigenvalue weighted by molar-refractivity contribution is 0.460. The second kappa shape index (κ2) is 15.2. The number of hydrogen-bond acceptors (Lipinski definition) is 3. The molecular formula is C44H42O2S. The van der Waals surface area contributed by atoms with Gasteiger partial charge in [0, 0.05) is 46.6 Å². The zero-order chi connectivity index (χ0) is 32.6. The molecule has 0 saturated heterocycles. The predicted octanol–water partition coefficient (Wildman–Crippen LogP) is 10.7. The Labute approximate surface area is 283 Å². The van der Waals surface area contributed by atoms with E-state index < -0.39 is 0 Å². The minimum absolute atomic E-state index is 0.366. The summed E-state index contributed by atoms with van der Waals surface area (Å²) in [5.74, 6) is 0.731. The third kappa shape index (κ3) is 7.64. The van der Waals surface area contributed by atoms with Gasteiger partial charge in [-0.15, -0.1) is 0 Å². The summed E-state index contributed by atoms with van der Waals surface area (Å²) in [6.07, 6.45) is 4.25. The Hall–Kier alpha value is -4.73. The number of phenols is 2. The summed E-state index contributed by atoms with van der Waals surface area (Å²) in [6.45, 7) is 4.39. The first-order valence-electron chi connectivity index (χ1n) is 16.6. The molecule has 0 atom stereocenters. The SMILES string of the molecule is CCc1cc(Cc2ccccc2)c(O)c(Cc2ccccc2)c1Sc1c(CC)cc(Cc2ccccc2)c(O)c1Cc1ccccc1. The van der Waals surface area contributed by atoms with Gasteiger partial charge in [0.15, 0.2) is 0 Å². The molecule has 0 heterocycles. The van der Waals surface area contributed by atoms with Crippen molar-refractivity contribution in [2.45, 2.75) is 62.2 Å². The second-order valence-corrected chi connectivity index (χ2v) is 13.2. The van der Waals surface area contributed by atoms with E-state index in [9.17, 15) is 10.2 Å². The molecule has 0 aliphatic rings. The van der Waals surface area contributed by atoms with Gasteiger partial charge in [-0.1, -0.05) is 159 Å². The standard InChI is InChI=1S/C44H42O2S/c1-3-35-29-37(25-31-17-9-5-10-18-31)41(45)39(27-33-21-13-7-14-22-33)43(35)47-44-36(4-2)30-38(26-32-19-11-6-12-20-32)42(46)40(44)28-34-23-15-8-16-24-34/h5-24,29-30,45-46H,3-4,25-28H2,1-2H3. The van der Waals surface area contributed by atoms with Crippen molar-refractivity contribution in [2.24, 2.45) is 0 Å². The number of aromatic hydroxyl groups is 2. The Morgan fingerprint density at radius 2 is 0.702 bits per heavy atom. The van der Waals surface area contributed by atoms with E-state index in [1.165, 1.54) is 22.3 Å². The molecule has 0 radical (unpaired) electrons. The van der Waals surface area contributed by atoms with Crippen LogP contribution in [0.4, 0.5) is 0 Å². The summed E-state index contributed by atoms with van der Waals surface area (Å²) in [6, 6.07) is 46.0. The minimum Gasteiger partial charge on any atom is -0.507 e. The van der Waals surface area contributed by atoms with Crippen molar-refractivity contribution in [2.75, 3.05) is 0 Å². The van der Waals surface area contributed by atoms with Gasteiger partial charge in [-0.3, -0.25) is 0 Å². The average Bonchev–Trinajstić information content (AvgIpc) is 3.11. The van der Waals surface area contributed by atoms with Crippen molar-refractivity contribution >= 4 is 11.8 Å². The Balaban J connectivity index is 1.52. The van der Waals surface area contributed by atoms with Crippen molar-refractivity contribution in [1.82, 2.24) is 0 Å². The number of hydrogen-bond donors (Lipinski definition) is 2. The van der Waals surface area contributed by atoms with Crippen LogP contribution in [0.3, 0.4) is 0 Å². The van der Waals surface area contributed by atoms with Crippen molar-refractivity contribution in [3.8, 4) is 11.5 Å². The van der Waals surface area contributed by atoms with Crippen LogP contribution < -0.4 is 0 Å². The van der Waals surface area contributed by atoms with E-state index in [1.807, 2.05) is 24.3 Å². The molecule has 0 aromatic heterocycles. The van der Waals surface area contributed by atoms with E-state index in [0.717, 1.165) is 56.0 Å². The van der Waals surface area contributed by atoms with Crippen molar-refractivity contribution in [1.29, 1.82) is 0 Å². The van der Waals surface area contributed by atoms with Crippen LogP contribution in [0.15, 0.2) is 143 Å². The van der Waals surface area contributed by atoms with Crippen LogP contribution in [0.25, 0.3) is 0 Å². The fourth-order valence-electron chi connectivity index (χ4n) is 6.39. The highest BCUT2D eigenvalue weighted by atomic mass is 32.2. The van der Waals surface area contributed by atoms with E-state index in [2.05, 4.69) is 123 Å². The largest absolute Gasteiger partial charge is 0.507 e. The van der Waals surface area contributed by atoms with Gasteiger partial charge in [-0.05, 0) is 57.3 Å².